The van der Waals surface area contributed by atoms with Gasteiger partial charge in [-0.15, -0.1) is 11.8 Å². The first kappa shape index (κ1) is 12.9. The van der Waals surface area contributed by atoms with Crippen molar-refractivity contribution < 1.29 is 14.2 Å². The third kappa shape index (κ3) is 3.45. The van der Waals surface area contributed by atoms with Gasteiger partial charge in [-0.25, -0.2) is 0 Å². The Morgan fingerprint density at radius 2 is 1.94 bits per heavy atom. The molecule has 0 saturated carbocycles. The molecule has 0 bridgehead atoms. The molecule has 0 spiro atoms. The van der Waals surface area contributed by atoms with Crippen LogP contribution in [0, 0.1) is 0 Å². The molecule has 0 N–H and O–H groups in total. The molecule has 1 saturated heterocycles. The van der Waals surface area contributed by atoms with E-state index < -0.39 is 0 Å². The predicted molar refractivity (Wildman–Crippen MR) is 68.3 cm³/mol. The summed E-state index contributed by atoms with van der Waals surface area (Å²) in [6.07, 6.45) is 0.870. The fraction of sp³-hybridized carbons (Fsp3) is 0.538. The lowest BCUT2D eigenvalue weighted by Crippen LogP contribution is -2.03. The molecule has 17 heavy (non-hydrogen) atoms. The van der Waals surface area contributed by atoms with Gasteiger partial charge in [-0.3, -0.25) is 0 Å². The molecule has 94 valence electrons. The summed E-state index contributed by atoms with van der Waals surface area (Å²) in [7, 11) is 3.29. The van der Waals surface area contributed by atoms with Gasteiger partial charge in [0.15, 0.2) is 6.29 Å². The fourth-order valence-electron chi connectivity index (χ4n) is 1.87. The van der Waals surface area contributed by atoms with Crippen molar-refractivity contribution in [2.24, 2.45) is 0 Å². The van der Waals surface area contributed by atoms with Crippen molar-refractivity contribution in [1.82, 2.24) is 0 Å². The molecule has 0 radical (unpaired) electrons. The Kier molecular flexibility index (Phi) is 4.86. The third-order valence-corrected chi connectivity index (χ3v) is 4.02. The third-order valence-electron chi connectivity index (χ3n) is 2.77. The number of hydrogen-bond donors (Lipinski definition) is 0. The summed E-state index contributed by atoms with van der Waals surface area (Å²) >= 11 is 1.88. The zero-order valence-electron chi connectivity index (χ0n) is 10.2. The van der Waals surface area contributed by atoms with Crippen LogP contribution in [0.25, 0.3) is 0 Å². The van der Waals surface area contributed by atoms with Gasteiger partial charge in [-0.1, -0.05) is 12.1 Å². The van der Waals surface area contributed by atoms with Crippen LogP contribution in [0.5, 0.6) is 0 Å². The summed E-state index contributed by atoms with van der Waals surface area (Å²) in [5.41, 5.74) is 1.04. The molecule has 1 unspecified atom stereocenters. The first-order valence-corrected chi connectivity index (χ1v) is 6.61. The molecular weight excluding hydrogens is 236 g/mol. The fourth-order valence-corrected chi connectivity index (χ4v) is 2.93. The van der Waals surface area contributed by atoms with Crippen LogP contribution in [0.2, 0.25) is 0 Å². The van der Waals surface area contributed by atoms with E-state index in [2.05, 4.69) is 24.3 Å². The Balaban J connectivity index is 1.96. The number of ether oxygens (including phenoxy) is 3. The SMILES string of the molecule is COC(OC)c1ccc(SC2CCOC2)cc1. The van der Waals surface area contributed by atoms with Crippen LogP contribution >= 0.6 is 11.8 Å². The molecular formula is C13H18O3S. The van der Waals surface area contributed by atoms with Crippen molar-refractivity contribution in [3.05, 3.63) is 29.8 Å². The number of rotatable bonds is 5. The van der Waals surface area contributed by atoms with Crippen LogP contribution in [-0.4, -0.2) is 32.7 Å². The first-order valence-electron chi connectivity index (χ1n) is 5.73. The molecule has 0 aromatic heterocycles. The molecule has 0 aliphatic carbocycles. The minimum Gasteiger partial charge on any atom is -0.380 e. The molecule has 2 rings (SSSR count). The average Bonchev–Trinajstić information content (AvgIpc) is 2.86. The predicted octanol–water partition coefficient (Wildman–Crippen LogP) is 2.86. The second kappa shape index (κ2) is 6.40. The molecule has 1 heterocycles. The molecule has 1 aliphatic rings. The summed E-state index contributed by atoms with van der Waals surface area (Å²) in [4.78, 5) is 1.27. The van der Waals surface area contributed by atoms with Crippen LogP contribution in [0.3, 0.4) is 0 Å². The second-order valence-corrected chi connectivity index (χ2v) is 5.35. The minimum absolute atomic E-state index is 0.274. The standard InChI is InChI=1S/C13H18O3S/c1-14-13(15-2)10-3-5-11(6-4-10)17-12-7-8-16-9-12/h3-6,12-13H,7-9H2,1-2H3. The normalized spacial score (nSPS) is 20.1. The lowest BCUT2D eigenvalue weighted by molar-refractivity contribution is -0.106. The Morgan fingerprint density at radius 3 is 2.47 bits per heavy atom. The summed E-state index contributed by atoms with van der Waals surface area (Å²) in [5.74, 6) is 0. The van der Waals surface area contributed by atoms with Gasteiger partial charge in [-0.05, 0) is 18.6 Å². The maximum absolute atomic E-state index is 5.37. The van der Waals surface area contributed by atoms with Crippen LogP contribution < -0.4 is 0 Å². The summed E-state index contributed by atoms with van der Waals surface area (Å²) < 4.78 is 15.8. The number of benzene rings is 1. The zero-order chi connectivity index (χ0) is 12.1. The van der Waals surface area contributed by atoms with Crippen molar-refractivity contribution in [1.29, 1.82) is 0 Å². The molecule has 1 aromatic carbocycles. The van der Waals surface area contributed by atoms with Gasteiger partial charge in [0.05, 0.1) is 6.61 Å². The van der Waals surface area contributed by atoms with E-state index in [-0.39, 0.29) is 6.29 Å². The van der Waals surface area contributed by atoms with Crippen molar-refractivity contribution in [2.75, 3.05) is 27.4 Å². The van der Waals surface area contributed by atoms with Crippen molar-refractivity contribution in [3.8, 4) is 0 Å². The lowest BCUT2D eigenvalue weighted by Gasteiger charge is -2.14. The van der Waals surface area contributed by atoms with E-state index in [1.807, 2.05) is 11.8 Å². The quantitative estimate of drug-likeness (QED) is 0.755. The molecule has 1 aromatic rings. The Morgan fingerprint density at radius 1 is 1.24 bits per heavy atom. The molecule has 1 fully saturated rings. The average molecular weight is 254 g/mol. The van der Waals surface area contributed by atoms with E-state index in [1.165, 1.54) is 4.90 Å². The van der Waals surface area contributed by atoms with Crippen LogP contribution in [0.4, 0.5) is 0 Å². The van der Waals surface area contributed by atoms with E-state index in [4.69, 9.17) is 14.2 Å². The van der Waals surface area contributed by atoms with E-state index in [0.717, 1.165) is 25.2 Å². The molecule has 3 nitrogen and oxygen atoms in total. The maximum atomic E-state index is 5.37. The van der Waals surface area contributed by atoms with Gasteiger partial charge in [0.2, 0.25) is 0 Å². The van der Waals surface area contributed by atoms with E-state index in [1.54, 1.807) is 14.2 Å². The zero-order valence-corrected chi connectivity index (χ0v) is 11.0. The Bertz CT molecular complexity index is 329. The molecule has 1 aliphatic heterocycles. The molecule has 4 heteroatoms. The van der Waals surface area contributed by atoms with Crippen LogP contribution in [-0.2, 0) is 14.2 Å². The Labute approximate surface area is 106 Å². The number of hydrogen-bond acceptors (Lipinski definition) is 4. The van der Waals surface area contributed by atoms with E-state index in [0.29, 0.717) is 5.25 Å². The van der Waals surface area contributed by atoms with Gasteiger partial charge in [0, 0.05) is 36.5 Å². The molecule has 0 amide bonds. The summed E-state index contributed by atoms with van der Waals surface area (Å²) in [6, 6.07) is 8.33. The highest BCUT2D eigenvalue weighted by atomic mass is 32.2. The van der Waals surface area contributed by atoms with Gasteiger partial charge in [0.1, 0.15) is 0 Å². The molecule has 1 atom stereocenters. The largest absolute Gasteiger partial charge is 0.380 e. The summed E-state index contributed by atoms with van der Waals surface area (Å²) in [6.45, 7) is 1.76. The first-order chi connectivity index (χ1) is 8.33. The van der Waals surface area contributed by atoms with Gasteiger partial charge in [0.25, 0.3) is 0 Å². The lowest BCUT2D eigenvalue weighted by atomic mass is 10.2. The highest BCUT2D eigenvalue weighted by Gasteiger charge is 2.17. The van der Waals surface area contributed by atoms with Gasteiger partial charge in [-0.2, -0.15) is 0 Å². The highest BCUT2D eigenvalue weighted by Crippen LogP contribution is 2.29. The van der Waals surface area contributed by atoms with Crippen molar-refractivity contribution in [3.63, 3.8) is 0 Å². The van der Waals surface area contributed by atoms with Gasteiger partial charge >= 0.3 is 0 Å². The summed E-state index contributed by atoms with van der Waals surface area (Å²) in [5, 5.41) is 0.599. The monoisotopic (exact) mass is 254 g/mol. The number of thioether (sulfide) groups is 1. The smallest absolute Gasteiger partial charge is 0.183 e. The maximum Gasteiger partial charge on any atom is 0.183 e. The van der Waals surface area contributed by atoms with Crippen molar-refractivity contribution >= 4 is 11.8 Å². The van der Waals surface area contributed by atoms with Crippen molar-refractivity contribution in [2.45, 2.75) is 22.9 Å². The Hall–Kier alpha value is -0.550. The van der Waals surface area contributed by atoms with Crippen LogP contribution in [0.1, 0.15) is 18.3 Å². The van der Waals surface area contributed by atoms with Crippen LogP contribution in [0.15, 0.2) is 29.2 Å². The highest BCUT2D eigenvalue weighted by molar-refractivity contribution is 8.00. The van der Waals surface area contributed by atoms with Gasteiger partial charge < -0.3 is 14.2 Å². The van der Waals surface area contributed by atoms with E-state index in [9.17, 15) is 0 Å². The topological polar surface area (TPSA) is 27.7 Å². The number of methoxy groups -OCH3 is 2. The second-order valence-electron chi connectivity index (χ2n) is 3.98. The van der Waals surface area contributed by atoms with E-state index >= 15 is 0 Å². The minimum atomic E-state index is -0.274.